The van der Waals surface area contributed by atoms with Gasteiger partial charge in [0.25, 0.3) is 0 Å². The van der Waals surface area contributed by atoms with Gasteiger partial charge in [0.2, 0.25) is 0 Å². The zero-order chi connectivity index (χ0) is 13.9. The van der Waals surface area contributed by atoms with E-state index in [0.717, 1.165) is 50.6 Å². The number of rotatable bonds is 10. The van der Waals surface area contributed by atoms with Crippen molar-refractivity contribution in [3.63, 3.8) is 0 Å². The monoisotopic (exact) mass is 267 g/mol. The van der Waals surface area contributed by atoms with Gasteiger partial charge < -0.3 is 19.5 Å². The zero-order valence-corrected chi connectivity index (χ0v) is 12.2. The van der Waals surface area contributed by atoms with Crippen molar-refractivity contribution < 1.29 is 14.2 Å². The number of hydrogen-bond donors (Lipinski definition) is 1. The molecule has 0 spiro atoms. The summed E-state index contributed by atoms with van der Waals surface area (Å²) in [5.74, 6) is 1.61. The smallest absolute Gasteiger partial charge is 0.161 e. The largest absolute Gasteiger partial charge is 0.493 e. The Morgan fingerprint density at radius 3 is 2.63 bits per heavy atom. The summed E-state index contributed by atoms with van der Waals surface area (Å²) < 4.78 is 16.1. The molecule has 0 saturated heterocycles. The van der Waals surface area contributed by atoms with Crippen LogP contribution in [0.25, 0.3) is 0 Å². The van der Waals surface area contributed by atoms with Crippen LogP contribution in [-0.4, -0.2) is 34.0 Å². The molecular formula is C15H25NO3. The lowest BCUT2D eigenvalue weighted by Crippen LogP contribution is -2.18. The van der Waals surface area contributed by atoms with Crippen LogP contribution >= 0.6 is 0 Å². The molecule has 0 unspecified atom stereocenters. The fourth-order valence-electron chi connectivity index (χ4n) is 1.68. The average molecular weight is 267 g/mol. The fourth-order valence-corrected chi connectivity index (χ4v) is 1.68. The van der Waals surface area contributed by atoms with Gasteiger partial charge in [0.05, 0.1) is 20.3 Å². The highest BCUT2D eigenvalue weighted by Gasteiger charge is 2.05. The third-order valence-corrected chi connectivity index (χ3v) is 2.80. The third kappa shape index (κ3) is 5.94. The third-order valence-electron chi connectivity index (χ3n) is 2.80. The van der Waals surface area contributed by atoms with Crippen molar-refractivity contribution >= 4 is 0 Å². The van der Waals surface area contributed by atoms with Gasteiger partial charge in [-0.3, -0.25) is 0 Å². The van der Waals surface area contributed by atoms with Crippen molar-refractivity contribution in [2.75, 3.05) is 34.0 Å². The van der Waals surface area contributed by atoms with E-state index in [1.807, 2.05) is 18.2 Å². The van der Waals surface area contributed by atoms with Crippen molar-refractivity contribution in [1.29, 1.82) is 0 Å². The normalized spacial score (nSPS) is 10.5. The fraction of sp³-hybridized carbons (Fsp3) is 0.600. The summed E-state index contributed by atoms with van der Waals surface area (Å²) in [6.07, 6.45) is 2.18. The Labute approximate surface area is 116 Å². The summed E-state index contributed by atoms with van der Waals surface area (Å²) in [4.78, 5) is 0. The molecule has 0 atom stereocenters. The number of benzene rings is 1. The van der Waals surface area contributed by atoms with Crippen molar-refractivity contribution in [2.45, 2.75) is 26.3 Å². The second kappa shape index (κ2) is 9.64. The van der Waals surface area contributed by atoms with E-state index in [9.17, 15) is 0 Å². The summed E-state index contributed by atoms with van der Waals surface area (Å²) in [7, 11) is 3.37. The van der Waals surface area contributed by atoms with Crippen LogP contribution in [0.5, 0.6) is 11.5 Å². The first-order valence-corrected chi connectivity index (χ1v) is 6.81. The van der Waals surface area contributed by atoms with Crippen molar-refractivity contribution in [2.24, 2.45) is 0 Å². The maximum absolute atomic E-state index is 5.76. The Morgan fingerprint density at radius 2 is 1.95 bits per heavy atom. The van der Waals surface area contributed by atoms with Gasteiger partial charge in [0.15, 0.2) is 11.5 Å². The molecule has 4 nitrogen and oxygen atoms in total. The Balaban J connectivity index is 2.55. The van der Waals surface area contributed by atoms with E-state index in [2.05, 4.69) is 12.2 Å². The van der Waals surface area contributed by atoms with Gasteiger partial charge in [0, 0.05) is 20.2 Å². The predicted molar refractivity (Wildman–Crippen MR) is 77.0 cm³/mol. The van der Waals surface area contributed by atoms with Gasteiger partial charge in [-0.1, -0.05) is 19.4 Å². The molecule has 0 aliphatic rings. The summed E-state index contributed by atoms with van der Waals surface area (Å²) in [6.45, 7) is 5.24. The highest BCUT2D eigenvalue weighted by atomic mass is 16.5. The lowest BCUT2D eigenvalue weighted by Gasteiger charge is -2.12. The molecule has 1 rings (SSSR count). The molecule has 0 aromatic heterocycles. The van der Waals surface area contributed by atoms with E-state index >= 15 is 0 Å². The number of hydrogen-bond acceptors (Lipinski definition) is 4. The number of nitrogens with one attached hydrogen (secondary N) is 1. The van der Waals surface area contributed by atoms with Crippen LogP contribution in [0.1, 0.15) is 25.3 Å². The lowest BCUT2D eigenvalue weighted by atomic mass is 10.2. The standard InChI is InChI=1S/C15H25NO3/c1-4-5-9-19-15-11-13(6-7-14(15)18-3)12-16-8-10-17-2/h6-7,11,16H,4-5,8-10,12H2,1-3H3. The molecule has 0 saturated carbocycles. The molecule has 0 aliphatic heterocycles. The topological polar surface area (TPSA) is 39.7 Å². The van der Waals surface area contributed by atoms with E-state index < -0.39 is 0 Å². The maximum atomic E-state index is 5.76. The Morgan fingerprint density at radius 1 is 1.11 bits per heavy atom. The van der Waals surface area contributed by atoms with Gasteiger partial charge in [0.1, 0.15) is 0 Å². The predicted octanol–water partition coefficient (Wildman–Crippen LogP) is 2.61. The molecular weight excluding hydrogens is 242 g/mol. The summed E-state index contributed by atoms with van der Waals surface area (Å²) >= 11 is 0. The highest BCUT2D eigenvalue weighted by Crippen LogP contribution is 2.28. The van der Waals surface area contributed by atoms with Gasteiger partial charge in [-0.15, -0.1) is 0 Å². The molecule has 1 aromatic carbocycles. The first kappa shape index (κ1) is 15.8. The molecule has 108 valence electrons. The van der Waals surface area contributed by atoms with E-state index in [0.29, 0.717) is 0 Å². The van der Waals surface area contributed by atoms with Crippen molar-refractivity contribution in [1.82, 2.24) is 5.32 Å². The first-order valence-electron chi connectivity index (χ1n) is 6.81. The van der Waals surface area contributed by atoms with Crippen LogP contribution < -0.4 is 14.8 Å². The van der Waals surface area contributed by atoms with Crippen LogP contribution in [0.15, 0.2) is 18.2 Å². The SMILES string of the molecule is CCCCOc1cc(CNCCOC)ccc1OC. The van der Waals surface area contributed by atoms with E-state index in [1.54, 1.807) is 14.2 Å². The van der Waals surface area contributed by atoms with Gasteiger partial charge in [-0.05, 0) is 24.1 Å². The summed E-state index contributed by atoms with van der Waals surface area (Å²) in [5, 5.41) is 3.31. The van der Waals surface area contributed by atoms with E-state index in [1.165, 1.54) is 5.56 Å². The molecule has 0 bridgehead atoms. The Bertz CT molecular complexity index is 355. The van der Waals surface area contributed by atoms with Crippen molar-refractivity contribution in [3.05, 3.63) is 23.8 Å². The van der Waals surface area contributed by atoms with Crippen LogP contribution in [0.2, 0.25) is 0 Å². The highest BCUT2D eigenvalue weighted by molar-refractivity contribution is 5.42. The molecule has 19 heavy (non-hydrogen) atoms. The van der Waals surface area contributed by atoms with Gasteiger partial charge in [-0.25, -0.2) is 0 Å². The minimum absolute atomic E-state index is 0.718. The summed E-state index contributed by atoms with van der Waals surface area (Å²) in [6, 6.07) is 6.04. The minimum atomic E-state index is 0.718. The van der Waals surface area contributed by atoms with Gasteiger partial charge >= 0.3 is 0 Å². The van der Waals surface area contributed by atoms with E-state index in [4.69, 9.17) is 14.2 Å². The maximum Gasteiger partial charge on any atom is 0.161 e. The molecule has 1 aromatic rings. The molecule has 0 fully saturated rings. The second-order valence-electron chi connectivity index (χ2n) is 4.36. The molecule has 0 heterocycles. The lowest BCUT2D eigenvalue weighted by molar-refractivity contribution is 0.199. The average Bonchev–Trinajstić information content (AvgIpc) is 2.44. The molecule has 0 aliphatic carbocycles. The number of ether oxygens (including phenoxy) is 3. The van der Waals surface area contributed by atoms with Crippen LogP contribution in [0.3, 0.4) is 0 Å². The molecule has 0 amide bonds. The van der Waals surface area contributed by atoms with E-state index in [-0.39, 0.29) is 0 Å². The number of unbranched alkanes of at least 4 members (excludes halogenated alkanes) is 1. The quantitative estimate of drug-likeness (QED) is 0.661. The number of methoxy groups -OCH3 is 2. The second-order valence-corrected chi connectivity index (χ2v) is 4.36. The Kier molecular flexibility index (Phi) is 8.02. The first-order chi connectivity index (χ1) is 9.31. The van der Waals surface area contributed by atoms with Crippen molar-refractivity contribution in [3.8, 4) is 11.5 Å². The molecule has 0 radical (unpaired) electrons. The minimum Gasteiger partial charge on any atom is -0.493 e. The summed E-state index contributed by atoms with van der Waals surface area (Å²) in [5.41, 5.74) is 1.18. The molecule has 1 N–H and O–H groups in total. The van der Waals surface area contributed by atoms with Crippen LogP contribution in [-0.2, 0) is 11.3 Å². The van der Waals surface area contributed by atoms with Crippen LogP contribution in [0, 0.1) is 0 Å². The van der Waals surface area contributed by atoms with Crippen LogP contribution in [0.4, 0.5) is 0 Å². The molecule has 4 heteroatoms. The zero-order valence-electron chi connectivity index (χ0n) is 12.2. The Hall–Kier alpha value is -1.26. The van der Waals surface area contributed by atoms with Gasteiger partial charge in [-0.2, -0.15) is 0 Å².